The molecule has 0 rings (SSSR count). The predicted octanol–water partition coefficient (Wildman–Crippen LogP) is 11.2. The number of hydrogen-bond acceptors (Lipinski definition) is 4. The van der Waals surface area contributed by atoms with Gasteiger partial charge in [-0.1, -0.05) is 125 Å². The second kappa shape index (κ2) is 36.4. The van der Waals surface area contributed by atoms with Gasteiger partial charge in [-0.15, -0.1) is 0 Å². The Balaban J connectivity index is 4.41. The van der Waals surface area contributed by atoms with Gasteiger partial charge in [-0.3, -0.25) is 14.4 Å². The van der Waals surface area contributed by atoms with Gasteiger partial charge in [0.15, 0.2) is 0 Å². The Morgan fingerprint density at radius 1 is 0.542 bits per heavy atom. The van der Waals surface area contributed by atoms with E-state index in [-0.39, 0.29) is 24.5 Å². The van der Waals surface area contributed by atoms with E-state index >= 15 is 0 Å². The zero-order valence-corrected chi connectivity index (χ0v) is 30.3. The van der Waals surface area contributed by atoms with Crippen molar-refractivity contribution in [3.8, 4) is 0 Å². The molecule has 270 valence electrons. The minimum Gasteiger partial charge on any atom is -0.480 e. The minimum absolute atomic E-state index is 0.0696. The Morgan fingerprint density at radius 2 is 1.00 bits per heavy atom. The number of amides is 1. The molecule has 0 aromatic carbocycles. The largest absolute Gasteiger partial charge is 0.480 e. The van der Waals surface area contributed by atoms with Crippen molar-refractivity contribution in [1.29, 1.82) is 0 Å². The molecule has 0 heterocycles. The maximum atomic E-state index is 12.7. The first-order valence-corrected chi connectivity index (χ1v) is 18.7. The minimum atomic E-state index is -1.03. The number of esters is 1. The quantitative estimate of drug-likeness (QED) is 0.0424. The van der Waals surface area contributed by atoms with Gasteiger partial charge in [0.25, 0.3) is 0 Å². The molecule has 0 radical (unpaired) electrons. The molecule has 48 heavy (non-hydrogen) atoms. The lowest BCUT2D eigenvalue weighted by molar-refractivity contribution is -0.150. The molecule has 1 atom stereocenters. The zero-order chi connectivity index (χ0) is 35.2. The van der Waals surface area contributed by atoms with Crippen LogP contribution in [0.25, 0.3) is 0 Å². The Bertz CT molecular complexity index is 1000. The number of unbranched alkanes of at least 4 members (excludes halogenated alkanes) is 7. The molecule has 0 aliphatic heterocycles. The topological polar surface area (TPSA) is 92.7 Å². The number of allylic oxidation sites excluding steroid dienone is 14. The highest BCUT2D eigenvalue weighted by atomic mass is 16.5. The van der Waals surface area contributed by atoms with Crippen LogP contribution in [0.5, 0.6) is 0 Å². The summed E-state index contributed by atoms with van der Waals surface area (Å²) in [4.78, 5) is 34.9. The lowest BCUT2D eigenvalue weighted by Crippen LogP contribution is -2.28. The summed E-state index contributed by atoms with van der Waals surface area (Å²) >= 11 is 0. The smallest absolute Gasteiger partial charge is 0.322 e. The van der Waals surface area contributed by atoms with Crippen LogP contribution in [-0.2, 0) is 19.1 Å². The fourth-order valence-corrected chi connectivity index (χ4v) is 4.87. The van der Waals surface area contributed by atoms with Crippen LogP contribution in [0.3, 0.4) is 0 Å². The predicted molar refractivity (Wildman–Crippen MR) is 203 cm³/mol. The number of carboxylic acids is 1. The van der Waals surface area contributed by atoms with E-state index in [0.29, 0.717) is 12.8 Å². The van der Waals surface area contributed by atoms with Crippen molar-refractivity contribution in [1.82, 2.24) is 5.32 Å². The van der Waals surface area contributed by atoms with Crippen molar-refractivity contribution < 1.29 is 24.2 Å². The fraction of sp³-hybridized carbons (Fsp3) is 0.595. The van der Waals surface area contributed by atoms with Crippen LogP contribution in [0.1, 0.15) is 149 Å². The van der Waals surface area contributed by atoms with Gasteiger partial charge in [0, 0.05) is 12.8 Å². The summed E-state index contributed by atoms with van der Waals surface area (Å²) in [6.07, 6.45) is 49.8. The number of carbonyl (C=O) groups is 3. The molecule has 0 spiro atoms. The first-order chi connectivity index (χ1) is 23.5. The molecule has 6 nitrogen and oxygen atoms in total. The van der Waals surface area contributed by atoms with Gasteiger partial charge in [-0.2, -0.15) is 0 Å². The molecule has 0 aromatic heterocycles. The normalized spacial score (nSPS) is 13.0. The van der Waals surface area contributed by atoms with Gasteiger partial charge in [0.1, 0.15) is 12.6 Å². The molecule has 0 aliphatic rings. The third kappa shape index (κ3) is 35.4. The summed E-state index contributed by atoms with van der Waals surface area (Å²) in [7, 11) is 0. The van der Waals surface area contributed by atoms with Crippen LogP contribution < -0.4 is 5.32 Å². The van der Waals surface area contributed by atoms with E-state index in [1.165, 1.54) is 0 Å². The molecule has 1 amide bonds. The zero-order valence-electron chi connectivity index (χ0n) is 30.3. The average Bonchev–Trinajstić information content (AvgIpc) is 3.07. The second-order valence-corrected chi connectivity index (χ2v) is 12.1. The molecular weight excluding hydrogens is 598 g/mol. The summed E-state index contributed by atoms with van der Waals surface area (Å²) in [5, 5.41) is 11.1. The highest BCUT2D eigenvalue weighted by molar-refractivity contribution is 5.80. The van der Waals surface area contributed by atoms with Crippen molar-refractivity contribution in [2.24, 2.45) is 0 Å². The summed E-state index contributed by atoms with van der Waals surface area (Å²) in [5.41, 5.74) is 0. The molecule has 0 fully saturated rings. The summed E-state index contributed by atoms with van der Waals surface area (Å²) < 4.78 is 5.94. The average molecular weight is 666 g/mol. The van der Waals surface area contributed by atoms with E-state index in [4.69, 9.17) is 9.84 Å². The van der Waals surface area contributed by atoms with Crippen LogP contribution in [0.15, 0.2) is 85.1 Å². The van der Waals surface area contributed by atoms with Crippen LogP contribution >= 0.6 is 0 Å². The van der Waals surface area contributed by atoms with Gasteiger partial charge in [0.2, 0.25) is 5.91 Å². The molecule has 0 saturated carbocycles. The summed E-state index contributed by atoms with van der Waals surface area (Å²) in [5.74, 6) is -1.33. The summed E-state index contributed by atoms with van der Waals surface area (Å²) in [6, 6.07) is 0. The van der Waals surface area contributed by atoms with Crippen molar-refractivity contribution >= 4 is 17.8 Å². The Hall–Kier alpha value is -3.41. The Morgan fingerprint density at radius 3 is 1.56 bits per heavy atom. The number of carbonyl (C=O) groups excluding carboxylic acids is 2. The third-order valence-electron chi connectivity index (χ3n) is 7.57. The molecule has 2 N–H and O–H groups in total. The van der Waals surface area contributed by atoms with E-state index < -0.39 is 5.97 Å². The second-order valence-electron chi connectivity index (χ2n) is 12.1. The highest BCUT2D eigenvalue weighted by Gasteiger charge is 2.14. The molecule has 0 aliphatic carbocycles. The van der Waals surface area contributed by atoms with E-state index in [2.05, 4.69) is 104 Å². The number of hydrogen-bond donors (Lipinski definition) is 2. The third-order valence-corrected chi connectivity index (χ3v) is 7.57. The van der Waals surface area contributed by atoms with Crippen LogP contribution in [0.4, 0.5) is 0 Å². The maximum absolute atomic E-state index is 12.7. The van der Waals surface area contributed by atoms with Gasteiger partial charge in [-0.05, 0) is 96.3 Å². The van der Waals surface area contributed by atoms with Crippen LogP contribution in [0.2, 0.25) is 0 Å². The van der Waals surface area contributed by atoms with E-state index in [1.807, 2.05) is 0 Å². The maximum Gasteiger partial charge on any atom is 0.322 e. The van der Waals surface area contributed by atoms with Crippen molar-refractivity contribution in [3.63, 3.8) is 0 Å². The van der Waals surface area contributed by atoms with Crippen LogP contribution in [-0.4, -0.2) is 35.6 Å². The van der Waals surface area contributed by atoms with Gasteiger partial charge in [0.05, 0.1) is 0 Å². The lowest BCUT2D eigenvalue weighted by atomic mass is 10.0. The highest BCUT2D eigenvalue weighted by Crippen LogP contribution is 2.16. The van der Waals surface area contributed by atoms with Crippen molar-refractivity contribution in [3.05, 3.63) is 85.1 Å². The van der Waals surface area contributed by atoms with Crippen molar-refractivity contribution in [2.75, 3.05) is 6.54 Å². The summed E-state index contributed by atoms with van der Waals surface area (Å²) in [6.45, 7) is 3.96. The van der Waals surface area contributed by atoms with Gasteiger partial charge >= 0.3 is 11.9 Å². The Kier molecular flexibility index (Phi) is 33.8. The molecule has 0 saturated heterocycles. The lowest BCUT2D eigenvalue weighted by Gasteiger charge is -2.17. The van der Waals surface area contributed by atoms with Gasteiger partial charge < -0.3 is 15.2 Å². The number of aliphatic carboxylic acids is 1. The molecule has 6 heteroatoms. The van der Waals surface area contributed by atoms with E-state index in [0.717, 1.165) is 122 Å². The standard InChI is InChI=1S/C42H67NO5/c1-3-5-7-9-11-13-15-17-19-21-23-26-30-34-39(35-31-27-25-28-32-36-40(44)43-38-41(45)46)48-42(47)37-33-29-24-22-20-18-16-14-12-10-8-6-4-2/h5-8,11-14,17-20,23,26,39H,3-4,9-10,15-16,21-22,24-25,27-38H2,1-2H3,(H,43,44)(H,45,46)/b7-5-,8-6-,13-11-,14-12-,19-17-,20-18-,26-23-. The van der Waals surface area contributed by atoms with E-state index in [9.17, 15) is 14.4 Å². The number of nitrogens with one attached hydrogen (secondary N) is 1. The molecule has 0 bridgehead atoms. The number of ether oxygens (including phenoxy) is 1. The monoisotopic (exact) mass is 666 g/mol. The molecular formula is C42H67NO5. The van der Waals surface area contributed by atoms with Crippen molar-refractivity contribution in [2.45, 2.75) is 155 Å². The van der Waals surface area contributed by atoms with Gasteiger partial charge in [-0.25, -0.2) is 0 Å². The SMILES string of the molecule is CC/C=C\C/C=C\C/C=C\C/C=C\CCC(CCCCCCCC(=O)NCC(=O)O)OC(=O)CCCCC/C=C\C/C=C\C/C=C\CC. The molecule has 1 unspecified atom stereocenters. The number of rotatable bonds is 32. The van der Waals surface area contributed by atoms with E-state index in [1.54, 1.807) is 0 Å². The Labute approximate surface area is 293 Å². The van der Waals surface area contributed by atoms with Crippen LogP contribution in [0, 0.1) is 0 Å². The molecule has 0 aromatic rings. The first kappa shape index (κ1) is 44.6. The number of carboxylic acid groups (broad SMARTS) is 1. The first-order valence-electron chi connectivity index (χ1n) is 18.7. The fourth-order valence-electron chi connectivity index (χ4n) is 4.87.